The number of hydroxylamine groups is 6. The highest BCUT2D eigenvalue weighted by Gasteiger charge is 2.22. The first-order valence-corrected chi connectivity index (χ1v) is 27.0. The van der Waals surface area contributed by atoms with Crippen LogP contribution in [0.1, 0.15) is 36.1 Å². The van der Waals surface area contributed by atoms with Crippen LogP contribution in [0.2, 0.25) is 0 Å². The van der Waals surface area contributed by atoms with Gasteiger partial charge >= 0.3 is 0 Å². The molecule has 0 unspecified atom stereocenters. The number of amides is 2. The summed E-state index contributed by atoms with van der Waals surface area (Å²) in [6.45, 7) is 2.20. The molecular weight excluding hydrogens is 1120 g/mol. The zero-order valence-corrected chi connectivity index (χ0v) is 44.8. The molecule has 0 spiro atoms. The zero-order valence-electron chi connectivity index (χ0n) is 43.2. The lowest BCUT2D eigenvalue weighted by Gasteiger charge is -2.21. The summed E-state index contributed by atoms with van der Waals surface area (Å²) in [6.07, 6.45) is 0. The summed E-state index contributed by atoms with van der Waals surface area (Å²) in [6, 6.07) is 40.0. The fraction of sp³-hybridized carbons (Fsp3) is 0.0357. The molecule has 8 aromatic rings. The number of anilines is 2. The summed E-state index contributed by atoms with van der Waals surface area (Å²) in [7, 11) is -8.50. The normalized spacial score (nSPS) is 11.1. The van der Waals surface area contributed by atoms with Crippen molar-refractivity contribution in [1.82, 2.24) is 21.1 Å². The van der Waals surface area contributed by atoms with Gasteiger partial charge in [0.15, 0.2) is 17.5 Å². The van der Waals surface area contributed by atoms with Gasteiger partial charge in [0.05, 0.1) is 21.2 Å². The van der Waals surface area contributed by atoms with Crippen LogP contribution in [0.5, 0.6) is 46.0 Å². The number of carbonyl (C=O) groups is 2. The Morgan fingerprint density at radius 1 is 0.446 bits per heavy atom. The highest BCUT2D eigenvalue weighted by Crippen LogP contribution is 2.36. The van der Waals surface area contributed by atoms with Crippen LogP contribution in [0.4, 0.5) is 20.2 Å². The van der Waals surface area contributed by atoms with Crippen molar-refractivity contribution >= 4 is 66.6 Å². The van der Waals surface area contributed by atoms with Crippen molar-refractivity contribution in [2.75, 3.05) is 9.44 Å². The minimum Gasteiger partial charge on any atom is -0.457 e. The quantitative estimate of drug-likeness (QED) is 0.0147. The fourth-order valence-corrected chi connectivity index (χ4v) is 9.40. The van der Waals surface area contributed by atoms with E-state index in [1.54, 1.807) is 5.48 Å². The number of carbonyl (C=O) groups excluding carboxylic acids is 2. The van der Waals surface area contributed by atoms with Crippen molar-refractivity contribution in [2.45, 2.75) is 23.6 Å². The van der Waals surface area contributed by atoms with Crippen LogP contribution in [-0.4, -0.2) is 72.5 Å². The number of hydrogen-bond donors (Lipinski definition) is 10. The summed E-state index contributed by atoms with van der Waals surface area (Å²) >= 11 is 0. The van der Waals surface area contributed by atoms with Gasteiger partial charge in [-0.25, -0.2) is 31.1 Å². The molecule has 8 aromatic carbocycles. The minimum absolute atomic E-state index is 0.00274. The SMILES string of the molecule is CC(=O)N(O)C(=N)c1ccc(Oc2cc(NS(=O)(=O)c3ccc(F)cc3)cc(Oc3ccc(C(=N)N(ONC(=N)c4ccc(Oc5cc(NS(=O)(=O)c6ccc(F)cc6)cc(Oc6ccc(C(=N)NO)cc6)c5)cc4)C(C)=O)cc3)c2)cc1. The molecular formula is C56H46F2N10O13S2. The van der Waals surface area contributed by atoms with E-state index in [1.807, 2.05) is 0 Å². The summed E-state index contributed by atoms with van der Waals surface area (Å²) in [5, 5.41) is 53.0. The molecule has 0 radical (unpaired) electrons. The van der Waals surface area contributed by atoms with Crippen LogP contribution >= 0.6 is 0 Å². The maximum Gasteiger partial charge on any atom is 0.261 e. The average Bonchev–Trinajstić information content (AvgIpc) is 3.66. The van der Waals surface area contributed by atoms with E-state index in [0.717, 1.165) is 62.4 Å². The number of ether oxygens (including phenoxy) is 4. The van der Waals surface area contributed by atoms with Gasteiger partial charge in [-0.15, -0.1) is 10.0 Å². The van der Waals surface area contributed by atoms with Crippen molar-refractivity contribution in [3.63, 3.8) is 0 Å². The topological polar surface area (TPSA) is 339 Å². The number of halogens is 2. The molecule has 0 aliphatic heterocycles. The van der Waals surface area contributed by atoms with Crippen LogP contribution in [-0.2, 0) is 34.6 Å². The van der Waals surface area contributed by atoms with E-state index in [1.165, 1.54) is 133 Å². The van der Waals surface area contributed by atoms with E-state index in [2.05, 4.69) is 14.9 Å². The Morgan fingerprint density at radius 3 is 1.10 bits per heavy atom. The monoisotopic (exact) mass is 1170 g/mol. The molecule has 0 saturated carbocycles. The van der Waals surface area contributed by atoms with Crippen molar-refractivity contribution in [1.29, 1.82) is 21.6 Å². The summed E-state index contributed by atoms with van der Waals surface area (Å²) in [4.78, 5) is 29.3. The van der Waals surface area contributed by atoms with Gasteiger partial charge in [0, 0.05) is 72.5 Å². The summed E-state index contributed by atoms with van der Waals surface area (Å²) in [5.74, 6) is -3.19. The molecule has 0 aliphatic carbocycles. The lowest BCUT2D eigenvalue weighted by atomic mass is 10.2. The number of amidine groups is 4. The molecule has 10 N–H and O–H groups in total. The third-order valence-electron chi connectivity index (χ3n) is 11.3. The maximum atomic E-state index is 13.7. The van der Waals surface area contributed by atoms with Crippen molar-refractivity contribution in [2.24, 2.45) is 0 Å². The smallest absolute Gasteiger partial charge is 0.261 e. The van der Waals surface area contributed by atoms with E-state index in [9.17, 15) is 40.4 Å². The van der Waals surface area contributed by atoms with E-state index in [0.29, 0.717) is 10.6 Å². The molecule has 0 bridgehead atoms. The molecule has 0 saturated heterocycles. The molecule has 0 fully saturated rings. The molecule has 23 nitrogen and oxygen atoms in total. The van der Waals surface area contributed by atoms with Gasteiger partial charge in [0.2, 0.25) is 5.91 Å². The van der Waals surface area contributed by atoms with Crippen LogP contribution in [0.15, 0.2) is 192 Å². The van der Waals surface area contributed by atoms with E-state index in [4.69, 9.17) is 50.7 Å². The molecule has 0 aliphatic rings. The lowest BCUT2D eigenvalue weighted by molar-refractivity contribution is -0.172. The molecule has 8 rings (SSSR count). The van der Waals surface area contributed by atoms with Crippen LogP contribution in [0, 0.1) is 33.3 Å². The third kappa shape index (κ3) is 15.2. The number of nitrogens with zero attached hydrogens (tertiary/aromatic N) is 2. The van der Waals surface area contributed by atoms with Crippen molar-refractivity contribution < 1.29 is 69.5 Å². The Kier molecular flexibility index (Phi) is 17.8. The van der Waals surface area contributed by atoms with E-state index in [-0.39, 0.29) is 101 Å². The summed E-state index contributed by atoms with van der Waals surface area (Å²) in [5.41, 5.74) is 4.96. The lowest BCUT2D eigenvalue weighted by Crippen LogP contribution is -2.41. The largest absolute Gasteiger partial charge is 0.457 e. The predicted octanol–water partition coefficient (Wildman–Crippen LogP) is 10.2. The van der Waals surface area contributed by atoms with E-state index < -0.39 is 55.2 Å². The van der Waals surface area contributed by atoms with Crippen LogP contribution in [0.3, 0.4) is 0 Å². The van der Waals surface area contributed by atoms with Crippen molar-refractivity contribution in [3.8, 4) is 46.0 Å². The number of nitrogens with one attached hydrogen (secondary N) is 8. The molecule has 424 valence electrons. The Bertz CT molecular complexity index is 4000. The number of hydrogen-bond acceptors (Lipinski definition) is 17. The predicted molar refractivity (Wildman–Crippen MR) is 297 cm³/mol. The molecule has 2 amide bonds. The first-order chi connectivity index (χ1) is 39.5. The highest BCUT2D eigenvalue weighted by atomic mass is 32.2. The second kappa shape index (κ2) is 25.3. The molecule has 27 heteroatoms. The highest BCUT2D eigenvalue weighted by molar-refractivity contribution is 7.93. The Morgan fingerprint density at radius 2 is 0.771 bits per heavy atom. The van der Waals surface area contributed by atoms with Gasteiger partial charge < -0.3 is 18.9 Å². The van der Waals surface area contributed by atoms with E-state index >= 15 is 0 Å². The fourth-order valence-electron chi connectivity index (χ4n) is 7.32. The number of benzene rings is 8. The van der Waals surface area contributed by atoms with Crippen LogP contribution < -0.4 is 39.4 Å². The van der Waals surface area contributed by atoms with Gasteiger partial charge in [-0.3, -0.25) is 56.6 Å². The third-order valence-corrected chi connectivity index (χ3v) is 14.1. The van der Waals surface area contributed by atoms with Crippen molar-refractivity contribution in [3.05, 3.63) is 216 Å². The average molecular weight is 1170 g/mol. The second-order valence-corrected chi connectivity index (χ2v) is 20.8. The van der Waals surface area contributed by atoms with Gasteiger partial charge in [-0.05, 0) is 146 Å². The Labute approximate surface area is 471 Å². The zero-order chi connectivity index (χ0) is 59.6. The second-order valence-electron chi connectivity index (χ2n) is 17.4. The Balaban J connectivity index is 0.935. The molecule has 0 heterocycles. The maximum absolute atomic E-state index is 13.7. The standard InChI is InChI=1S/C56H46F2N10O13S2/c1-33(69)67(72)55(61)37-7-19-45(20-8-37)79-49-29-42(66-83(75,76)52-25-13-40(58)14-26-52)30-50(32-49)80-46-21-9-38(10-22-46)56(62)68(34(2)70)81-64-54(60)36-5-17-44(18-6-36)78-48-28-41(65-82(73,74)51-23-11-39(57)12-24-51)27-47(31-48)77-43-15-3-35(4-16-43)53(59)63-71/h3-32,61-62,65-66,71-72H,1-2H3,(H2,59,63)(H2,60,64). The van der Waals surface area contributed by atoms with Gasteiger partial charge in [0.1, 0.15) is 63.5 Å². The molecule has 0 aromatic heterocycles. The first kappa shape index (κ1) is 58.6. The Hall–Kier alpha value is -10.6. The van der Waals surface area contributed by atoms with Gasteiger partial charge in [-0.1, -0.05) is 0 Å². The molecule has 0 atom stereocenters. The van der Waals surface area contributed by atoms with Gasteiger partial charge in [0.25, 0.3) is 26.0 Å². The summed E-state index contributed by atoms with van der Waals surface area (Å²) < 4.78 is 110. The van der Waals surface area contributed by atoms with Gasteiger partial charge in [-0.2, -0.15) is 5.06 Å². The van der Waals surface area contributed by atoms with Crippen LogP contribution in [0.25, 0.3) is 0 Å². The number of sulfonamides is 2. The minimum atomic E-state index is -4.27. The molecule has 83 heavy (non-hydrogen) atoms. The number of rotatable bonds is 20. The first-order valence-electron chi connectivity index (χ1n) is 24.0.